The van der Waals surface area contributed by atoms with Gasteiger partial charge in [0.25, 0.3) is 0 Å². The van der Waals surface area contributed by atoms with Crippen LogP contribution < -0.4 is 4.90 Å². The Labute approximate surface area is 314 Å². The van der Waals surface area contributed by atoms with E-state index in [0.29, 0.717) is 0 Å². The van der Waals surface area contributed by atoms with Gasteiger partial charge in [-0.3, -0.25) is 0 Å². The van der Waals surface area contributed by atoms with Crippen molar-refractivity contribution in [1.29, 1.82) is 0 Å². The van der Waals surface area contributed by atoms with E-state index in [1.165, 1.54) is 104 Å². The Morgan fingerprint density at radius 2 is 1.00 bits per heavy atom. The van der Waals surface area contributed by atoms with E-state index in [-0.39, 0.29) is 5.41 Å². The first-order valence-electron chi connectivity index (χ1n) is 18.4. The van der Waals surface area contributed by atoms with Crippen LogP contribution in [0.3, 0.4) is 0 Å². The Morgan fingerprint density at radius 1 is 0.415 bits per heavy atom. The van der Waals surface area contributed by atoms with Crippen molar-refractivity contribution in [3.8, 4) is 33.4 Å². The van der Waals surface area contributed by atoms with E-state index in [1.54, 1.807) is 0 Å². The second kappa shape index (κ2) is 11.5. The lowest BCUT2D eigenvalue weighted by molar-refractivity contribution is 0.660. The molecule has 0 saturated heterocycles. The minimum Gasteiger partial charge on any atom is -0.307 e. The van der Waals surface area contributed by atoms with Crippen LogP contribution in [0.25, 0.3) is 65.7 Å². The van der Waals surface area contributed by atoms with Crippen molar-refractivity contribution in [2.75, 3.05) is 4.90 Å². The van der Waals surface area contributed by atoms with Gasteiger partial charge >= 0.3 is 0 Å². The standard InChI is InChI=1S/C51H35NS/c1-51(2)43-18-8-7-15-37(43)41-31-36(26-28-44(41)51)49-38-16-5-6-17-39(38)50(52-45-19-9-11-21-47(45)53-48-22-12-10-20-46(48)52)40-27-25-35(30-42(40)49)34-24-23-32-13-3-4-14-33(32)29-34/h3-31H,1-2H3. The largest absolute Gasteiger partial charge is 0.307 e. The highest BCUT2D eigenvalue weighted by molar-refractivity contribution is 7.99. The molecule has 0 radical (unpaired) electrons. The Hall–Kier alpha value is -6.09. The number of fused-ring (bicyclic) bond motifs is 8. The van der Waals surface area contributed by atoms with Gasteiger partial charge in [0.15, 0.2) is 0 Å². The van der Waals surface area contributed by atoms with Crippen LogP contribution >= 0.6 is 11.8 Å². The van der Waals surface area contributed by atoms with E-state index in [1.807, 2.05) is 11.8 Å². The second-order valence-electron chi connectivity index (χ2n) is 14.9. The number of nitrogens with zero attached hydrogens (tertiary/aromatic N) is 1. The SMILES string of the molecule is CC1(C)c2ccccc2-c2cc(-c3c4ccccc4c(N4c5ccccc5Sc5ccccc54)c4ccc(-c5ccc6ccccc6c5)cc34)ccc21. The van der Waals surface area contributed by atoms with Gasteiger partial charge in [-0.05, 0) is 109 Å². The zero-order valence-corrected chi connectivity index (χ0v) is 30.4. The fraction of sp³-hybridized carbons (Fsp3) is 0.0588. The van der Waals surface area contributed by atoms with E-state index in [9.17, 15) is 0 Å². The lowest BCUT2D eigenvalue weighted by Crippen LogP contribution is -2.16. The molecule has 11 rings (SSSR count). The van der Waals surface area contributed by atoms with Crippen molar-refractivity contribution in [2.24, 2.45) is 0 Å². The average molecular weight is 694 g/mol. The normalized spacial score (nSPS) is 13.9. The van der Waals surface area contributed by atoms with Gasteiger partial charge in [0, 0.05) is 26.0 Å². The highest BCUT2D eigenvalue weighted by Crippen LogP contribution is 2.56. The van der Waals surface area contributed by atoms with Gasteiger partial charge in [-0.2, -0.15) is 0 Å². The van der Waals surface area contributed by atoms with Crippen molar-refractivity contribution in [1.82, 2.24) is 0 Å². The van der Waals surface area contributed by atoms with Gasteiger partial charge in [-0.1, -0.05) is 159 Å². The van der Waals surface area contributed by atoms with Crippen molar-refractivity contribution in [3.05, 3.63) is 187 Å². The van der Waals surface area contributed by atoms with Crippen LogP contribution in [0.15, 0.2) is 186 Å². The maximum atomic E-state index is 2.52. The average Bonchev–Trinajstić information content (AvgIpc) is 3.44. The topological polar surface area (TPSA) is 3.24 Å². The summed E-state index contributed by atoms with van der Waals surface area (Å²) in [6.07, 6.45) is 0. The van der Waals surface area contributed by atoms with Gasteiger partial charge in [0.2, 0.25) is 0 Å². The molecule has 0 atom stereocenters. The molecule has 1 nitrogen and oxygen atoms in total. The molecule has 0 amide bonds. The van der Waals surface area contributed by atoms with E-state index in [4.69, 9.17) is 0 Å². The van der Waals surface area contributed by atoms with Gasteiger partial charge in [0.05, 0.1) is 17.1 Å². The highest BCUT2D eigenvalue weighted by atomic mass is 32.2. The molecule has 250 valence electrons. The predicted octanol–water partition coefficient (Wildman–Crippen LogP) is 14.7. The third-order valence-electron chi connectivity index (χ3n) is 11.6. The lowest BCUT2D eigenvalue weighted by Gasteiger charge is -2.35. The van der Waals surface area contributed by atoms with Crippen molar-refractivity contribution >= 4 is 61.1 Å². The molecular formula is C51H35NS. The summed E-state index contributed by atoms with van der Waals surface area (Å²) in [6, 6.07) is 65.6. The van der Waals surface area contributed by atoms with Gasteiger partial charge in [-0.25, -0.2) is 0 Å². The summed E-state index contributed by atoms with van der Waals surface area (Å²) in [6.45, 7) is 4.72. The summed E-state index contributed by atoms with van der Waals surface area (Å²) in [7, 11) is 0. The minimum atomic E-state index is -0.0469. The van der Waals surface area contributed by atoms with Crippen LogP contribution in [0.4, 0.5) is 17.1 Å². The van der Waals surface area contributed by atoms with Gasteiger partial charge < -0.3 is 4.90 Å². The third kappa shape index (κ3) is 4.52. The van der Waals surface area contributed by atoms with Crippen LogP contribution in [0.5, 0.6) is 0 Å². The monoisotopic (exact) mass is 693 g/mol. The summed E-state index contributed by atoms with van der Waals surface area (Å²) in [5.74, 6) is 0. The van der Waals surface area contributed by atoms with Crippen molar-refractivity contribution in [3.63, 3.8) is 0 Å². The fourth-order valence-electron chi connectivity index (χ4n) is 9.08. The number of rotatable bonds is 3. The smallest absolute Gasteiger partial charge is 0.0619 e. The zero-order valence-electron chi connectivity index (χ0n) is 29.6. The first-order chi connectivity index (χ1) is 26.0. The van der Waals surface area contributed by atoms with E-state index < -0.39 is 0 Å². The molecule has 0 N–H and O–H groups in total. The summed E-state index contributed by atoms with van der Waals surface area (Å²) < 4.78 is 0. The Bertz CT molecular complexity index is 2930. The van der Waals surface area contributed by atoms with Crippen LogP contribution in [0, 0.1) is 0 Å². The third-order valence-corrected chi connectivity index (χ3v) is 12.7. The van der Waals surface area contributed by atoms with Gasteiger partial charge in [-0.15, -0.1) is 0 Å². The van der Waals surface area contributed by atoms with E-state index in [2.05, 4.69) is 195 Å². The number of hydrogen-bond donors (Lipinski definition) is 0. The molecule has 0 bridgehead atoms. The van der Waals surface area contributed by atoms with Gasteiger partial charge in [0.1, 0.15) is 0 Å². The number of para-hydroxylation sites is 2. The second-order valence-corrected chi connectivity index (χ2v) is 16.0. The van der Waals surface area contributed by atoms with Crippen LogP contribution in [0.2, 0.25) is 0 Å². The minimum absolute atomic E-state index is 0.0469. The zero-order chi connectivity index (χ0) is 35.3. The molecule has 1 heterocycles. The molecule has 9 aromatic carbocycles. The fourth-order valence-corrected chi connectivity index (χ4v) is 10.1. The summed E-state index contributed by atoms with van der Waals surface area (Å²) >= 11 is 1.86. The Balaban J connectivity index is 1.25. The molecule has 1 aliphatic heterocycles. The molecule has 0 spiro atoms. The molecule has 0 unspecified atom stereocenters. The molecule has 9 aromatic rings. The molecule has 1 aliphatic carbocycles. The first-order valence-corrected chi connectivity index (χ1v) is 19.2. The lowest BCUT2D eigenvalue weighted by atomic mass is 9.81. The quantitative estimate of drug-likeness (QED) is 0.170. The molecule has 0 saturated carbocycles. The van der Waals surface area contributed by atoms with Crippen molar-refractivity contribution in [2.45, 2.75) is 29.1 Å². The number of benzene rings is 9. The number of anilines is 3. The number of hydrogen-bond acceptors (Lipinski definition) is 2. The summed E-state index contributed by atoms with van der Waals surface area (Å²) in [4.78, 5) is 5.05. The van der Waals surface area contributed by atoms with E-state index in [0.717, 1.165) is 0 Å². The van der Waals surface area contributed by atoms with Crippen LogP contribution in [-0.2, 0) is 5.41 Å². The predicted molar refractivity (Wildman–Crippen MR) is 226 cm³/mol. The highest BCUT2D eigenvalue weighted by Gasteiger charge is 2.35. The first kappa shape index (κ1) is 30.5. The molecule has 0 fully saturated rings. The van der Waals surface area contributed by atoms with Crippen LogP contribution in [-0.4, -0.2) is 0 Å². The molecule has 0 aromatic heterocycles. The van der Waals surface area contributed by atoms with E-state index >= 15 is 0 Å². The molecule has 53 heavy (non-hydrogen) atoms. The summed E-state index contributed by atoms with van der Waals surface area (Å²) in [5.41, 5.74) is 14.0. The Kier molecular flexibility index (Phi) is 6.60. The molecule has 2 heteroatoms. The maximum Gasteiger partial charge on any atom is 0.0619 e. The summed E-state index contributed by atoms with van der Waals surface area (Å²) in [5, 5.41) is 7.50. The van der Waals surface area contributed by atoms with Crippen molar-refractivity contribution < 1.29 is 0 Å². The van der Waals surface area contributed by atoms with Crippen LogP contribution in [0.1, 0.15) is 25.0 Å². The Morgan fingerprint density at radius 3 is 1.81 bits per heavy atom. The maximum absolute atomic E-state index is 2.52. The molecular weight excluding hydrogens is 659 g/mol. The molecule has 2 aliphatic rings.